The maximum Gasteiger partial charge on any atom is 0.353 e. The first-order valence-electron chi connectivity index (χ1n) is 11.4. The second-order valence-electron chi connectivity index (χ2n) is 9.44. The highest BCUT2D eigenvalue weighted by Gasteiger charge is 2.32. The average Bonchev–Trinajstić information content (AvgIpc) is 2.73. The van der Waals surface area contributed by atoms with Crippen molar-refractivity contribution in [2.24, 2.45) is 17.8 Å². The van der Waals surface area contributed by atoms with E-state index < -0.39 is 0 Å². The summed E-state index contributed by atoms with van der Waals surface area (Å²) in [4.78, 5) is 24.7. The fourth-order valence-corrected chi connectivity index (χ4v) is 4.41. The number of benzene rings is 1. The van der Waals surface area contributed by atoms with Crippen molar-refractivity contribution >= 4 is 17.3 Å². The van der Waals surface area contributed by atoms with E-state index in [1.807, 2.05) is 6.07 Å². The molecule has 1 aromatic heterocycles. The molecule has 1 saturated heterocycles. The van der Waals surface area contributed by atoms with E-state index in [9.17, 15) is 10.1 Å². The van der Waals surface area contributed by atoms with Crippen LogP contribution in [0.5, 0.6) is 0 Å². The van der Waals surface area contributed by atoms with Gasteiger partial charge in [0.2, 0.25) is 11.6 Å². The van der Waals surface area contributed by atoms with Gasteiger partial charge in [-0.15, -0.1) is 0 Å². The van der Waals surface area contributed by atoms with Crippen LogP contribution in [0.4, 0.5) is 17.3 Å². The Morgan fingerprint density at radius 3 is 2.23 bits per heavy atom. The Morgan fingerprint density at radius 2 is 1.68 bits per heavy atom. The van der Waals surface area contributed by atoms with Gasteiger partial charge < -0.3 is 9.80 Å². The topological polar surface area (TPSA) is 75.4 Å². The van der Waals surface area contributed by atoms with Crippen LogP contribution >= 0.6 is 0 Å². The molecule has 0 N–H and O–H groups in total. The zero-order chi connectivity index (χ0) is 22.4. The Hall–Kier alpha value is -2.70. The normalized spacial score (nSPS) is 15.0. The summed E-state index contributed by atoms with van der Waals surface area (Å²) in [6.45, 7) is 11.5. The molecule has 168 valence electrons. The number of rotatable bonds is 9. The molecule has 0 aliphatic carbocycles. The van der Waals surface area contributed by atoms with Crippen LogP contribution in [0, 0.1) is 27.9 Å². The molecule has 0 radical (unpaired) electrons. The Morgan fingerprint density at radius 1 is 1.06 bits per heavy atom. The first-order chi connectivity index (χ1) is 14.8. The third kappa shape index (κ3) is 6.15. The van der Waals surface area contributed by atoms with E-state index >= 15 is 0 Å². The fraction of sp³-hybridized carbons (Fsp3) is 0.583. The van der Waals surface area contributed by atoms with Gasteiger partial charge in [-0.1, -0.05) is 58.0 Å². The molecule has 31 heavy (non-hydrogen) atoms. The molecule has 0 unspecified atom stereocenters. The zero-order valence-corrected chi connectivity index (χ0v) is 19.2. The molecule has 1 aliphatic rings. The molecule has 7 nitrogen and oxygen atoms in total. The smallest absolute Gasteiger partial charge is 0.351 e. The number of piperidine rings is 1. The summed E-state index contributed by atoms with van der Waals surface area (Å²) in [5, 5.41) is 12.1. The van der Waals surface area contributed by atoms with Crippen LogP contribution in [0.2, 0.25) is 0 Å². The molecule has 7 heteroatoms. The molecule has 1 fully saturated rings. The molecule has 3 rings (SSSR count). The van der Waals surface area contributed by atoms with E-state index in [1.54, 1.807) is 0 Å². The predicted octanol–water partition coefficient (Wildman–Crippen LogP) is 4.96. The van der Waals surface area contributed by atoms with Crippen LogP contribution in [0.3, 0.4) is 0 Å². The summed E-state index contributed by atoms with van der Waals surface area (Å²) in [5.41, 5.74) is 1.40. The number of hydrogen-bond donors (Lipinski definition) is 0. The summed E-state index contributed by atoms with van der Waals surface area (Å²) >= 11 is 0. The van der Waals surface area contributed by atoms with Gasteiger partial charge in [-0.3, -0.25) is 10.1 Å². The lowest BCUT2D eigenvalue weighted by Crippen LogP contribution is -2.37. The quantitative estimate of drug-likeness (QED) is 0.417. The van der Waals surface area contributed by atoms with Gasteiger partial charge >= 0.3 is 5.69 Å². The standard InChI is InChI=1S/C24H35N5O2/c1-18(2)15-28(16-19(3)4)24-22(29(30)31)23(25-17-26-24)27-12-10-21(11-13-27)14-20-8-6-5-7-9-20/h5-9,17-19,21H,10-16H2,1-4H3. The Labute approximate surface area is 185 Å². The minimum absolute atomic E-state index is 0.0466. The second kappa shape index (κ2) is 10.6. The van der Waals surface area contributed by atoms with Crippen molar-refractivity contribution in [3.05, 3.63) is 52.3 Å². The number of nitrogens with zero attached hydrogens (tertiary/aromatic N) is 5. The second-order valence-corrected chi connectivity index (χ2v) is 9.44. The first-order valence-corrected chi connectivity index (χ1v) is 11.4. The van der Waals surface area contributed by atoms with Gasteiger partial charge in [0.15, 0.2) is 0 Å². The molecule has 0 bridgehead atoms. The highest BCUT2D eigenvalue weighted by molar-refractivity contribution is 5.71. The van der Waals surface area contributed by atoms with Gasteiger partial charge in [0.25, 0.3) is 0 Å². The van der Waals surface area contributed by atoms with Gasteiger partial charge in [-0.05, 0) is 42.6 Å². The van der Waals surface area contributed by atoms with E-state index in [2.05, 4.69) is 71.7 Å². The van der Waals surface area contributed by atoms with Crippen molar-refractivity contribution < 1.29 is 4.92 Å². The summed E-state index contributed by atoms with van der Waals surface area (Å²) in [6.07, 6.45) is 4.56. The monoisotopic (exact) mass is 425 g/mol. The van der Waals surface area contributed by atoms with Crippen molar-refractivity contribution in [2.75, 3.05) is 36.0 Å². The van der Waals surface area contributed by atoms with E-state index in [-0.39, 0.29) is 10.6 Å². The minimum atomic E-state index is -0.297. The summed E-state index contributed by atoms with van der Waals surface area (Å²) in [6, 6.07) is 10.5. The Kier molecular flexibility index (Phi) is 7.82. The van der Waals surface area contributed by atoms with Crippen molar-refractivity contribution in [2.45, 2.75) is 47.0 Å². The zero-order valence-electron chi connectivity index (χ0n) is 19.2. The molecule has 0 saturated carbocycles. The van der Waals surface area contributed by atoms with E-state index in [0.717, 1.165) is 45.4 Å². The van der Waals surface area contributed by atoms with Crippen LogP contribution in [0.15, 0.2) is 36.7 Å². The molecule has 2 aromatic rings. The molecule has 0 spiro atoms. The van der Waals surface area contributed by atoms with Crippen LogP contribution in [0.25, 0.3) is 0 Å². The van der Waals surface area contributed by atoms with Crippen LogP contribution in [-0.2, 0) is 6.42 Å². The molecule has 1 aromatic carbocycles. The number of anilines is 2. The SMILES string of the molecule is CC(C)CN(CC(C)C)c1ncnc(N2CCC(Cc3ccccc3)CC2)c1[N+](=O)[O-]. The summed E-state index contributed by atoms with van der Waals surface area (Å²) in [7, 11) is 0. The summed E-state index contributed by atoms with van der Waals surface area (Å²) < 4.78 is 0. The lowest BCUT2D eigenvalue weighted by atomic mass is 9.90. The third-order valence-corrected chi connectivity index (χ3v) is 5.72. The molecule has 2 heterocycles. The maximum atomic E-state index is 12.1. The Bertz CT molecular complexity index is 838. The number of aromatic nitrogens is 2. The molecular formula is C24H35N5O2. The van der Waals surface area contributed by atoms with Crippen molar-refractivity contribution in [1.82, 2.24) is 9.97 Å². The van der Waals surface area contributed by atoms with Crippen molar-refractivity contribution in [1.29, 1.82) is 0 Å². The van der Waals surface area contributed by atoms with Gasteiger partial charge in [0.1, 0.15) is 6.33 Å². The maximum absolute atomic E-state index is 12.1. The lowest BCUT2D eigenvalue weighted by Gasteiger charge is -2.33. The van der Waals surface area contributed by atoms with Crippen LogP contribution in [-0.4, -0.2) is 41.1 Å². The van der Waals surface area contributed by atoms with E-state index in [1.165, 1.54) is 11.9 Å². The van der Waals surface area contributed by atoms with Crippen molar-refractivity contribution in [3.8, 4) is 0 Å². The molecule has 1 aliphatic heterocycles. The molecule has 0 atom stereocenters. The van der Waals surface area contributed by atoms with Gasteiger partial charge in [0, 0.05) is 26.2 Å². The largest absolute Gasteiger partial charge is 0.353 e. The highest BCUT2D eigenvalue weighted by atomic mass is 16.6. The van der Waals surface area contributed by atoms with Gasteiger partial charge in [-0.25, -0.2) is 9.97 Å². The minimum Gasteiger partial charge on any atom is -0.351 e. The molecular weight excluding hydrogens is 390 g/mol. The number of nitro groups is 1. The van der Waals surface area contributed by atoms with E-state index in [0.29, 0.717) is 29.4 Å². The highest BCUT2D eigenvalue weighted by Crippen LogP contribution is 2.36. The first kappa shape index (κ1) is 23.0. The summed E-state index contributed by atoms with van der Waals surface area (Å²) in [5.74, 6) is 2.27. The third-order valence-electron chi connectivity index (χ3n) is 5.72. The van der Waals surface area contributed by atoms with Crippen molar-refractivity contribution in [3.63, 3.8) is 0 Å². The number of hydrogen-bond acceptors (Lipinski definition) is 6. The van der Waals surface area contributed by atoms with Gasteiger partial charge in [-0.2, -0.15) is 0 Å². The fourth-order valence-electron chi connectivity index (χ4n) is 4.41. The predicted molar refractivity (Wildman–Crippen MR) is 126 cm³/mol. The van der Waals surface area contributed by atoms with Crippen LogP contribution in [0.1, 0.15) is 46.1 Å². The molecule has 0 amide bonds. The lowest BCUT2D eigenvalue weighted by molar-refractivity contribution is -0.383. The van der Waals surface area contributed by atoms with E-state index in [4.69, 9.17) is 0 Å². The average molecular weight is 426 g/mol. The van der Waals surface area contributed by atoms with Gasteiger partial charge in [0.05, 0.1) is 4.92 Å². The van der Waals surface area contributed by atoms with Crippen LogP contribution < -0.4 is 9.80 Å². The Balaban J connectivity index is 1.80.